The van der Waals surface area contributed by atoms with E-state index in [-0.39, 0.29) is 11.8 Å². The molecule has 0 atom stereocenters. The zero-order valence-electron chi connectivity index (χ0n) is 16.0. The summed E-state index contributed by atoms with van der Waals surface area (Å²) in [6, 6.07) is 9.82. The third-order valence-electron chi connectivity index (χ3n) is 4.75. The van der Waals surface area contributed by atoms with Crippen LogP contribution in [0.1, 0.15) is 42.7 Å². The predicted octanol–water partition coefficient (Wildman–Crippen LogP) is 2.65. The molecule has 7 nitrogen and oxygen atoms in total. The Morgan fingerprint density at radius 2 is 1.63 bits per heavy atom. The Balaban J connectivity index is 1.66. The number of carbonyl (C=O) groups is 2. The number of piperazine rings is 1. The van der Waals surface area contributed by atoms with Crippen molar-refractivity contribution >= 4 is 23.3 Å². The maximum absolute atomic E-state index is 12.7. The van der Waals surface area contributed by atoms with Gasteiger partial charge in [-0.05, 0) is 23.6 Å². The molecule has 142 valence electrons. The zero-order chi connectivity index (χ0) is 19.4. The van der Waals surface area contributed by atoms with Crippen LogP contribution < -0.4 is 5.32 Å². The second kappa shape index (κ2) is 8.16. The lowest BCUT2D eigenvalue weighted by molar-refractivity contribution is -0.130. The minimum Gasteiger partial charge on any atom is -0.340 e. The smallest absolute Gasteiger partial charge is 0.272 e. The van der Waals surface area contributed by atoms with Gasteiger partial charge >= 0.3 is 0 Å². The number of nitrogens with one attached hydrogen (secondary N) is 1. The Kier molecular flexibility index (Phi) is 5.69. The number of nitrogens with zero attached hydrogens (tertiary/aromatic N) is 4. The molecule has 1 aromatic heterocycles. The van der Waals surface area contributed by atoms with Crippen LogP contribution in [0.4, 0.5) is 11.5 Å². The molecule has 7 heteroatoms. The zero-order valence-corrected chi connectivity index (χ0v) is 16.0. The summed E-state index contributed by atoms with van der Waals surface area (Å²) in [7, 11) is 0. The lowest BCUT2D eigenvalue weighted by Crippen LogP contribution is -2.50. The van der Waals surface area contributed by atoms with Crippen LogP contribution in [-0.4, -0.2) is 57.8 Å². The van der Waals surface area contributed by atoms with E-state index in [0.29, 0.717) is 43.6 Å². The molecule has 1 aliphatic rings. The summed E-state index contributed by atoms with van der Waals surface area (Å²) in [6.07, 6.45) is 1.39. The average Bonchev–Trinajstić information content (AvgIpc) is 2.68. The Morgan fingerprint density at radius 3 is 2.22 bits per heavy atom. The van der Waals surface area contributed by atoms with Crippen LogP contribution in [0.5, 0.6) is 0 Å². The minimum absolute atomic E-state index is 0.0408. The maximum atomic E-state index is 12.7. The predicted molar refractivity (Wildman–Crippen MR) is 104 cm³/mol. The first kappa shape index (κ1) is 18.8. The first-order chi connectivity index (χ1) is 12.9. The van der Waals surface area contributed by atoms with Crippen molar-refractivity contribution in [3.63, 3.8) is 0 Å². The van der Waals surface area contributed by atoms with Crippen molar-refractivity contribution in [2.24, 2.45) is 0 Å². The summed E-state index contributed by atoms with van der Waals surface area (Å²) >= 11 is 0. The van der Waals surface area contributed by atoms with Gasteiger partial charge in [-0.3, -0.25) is 9.59 Å². The number of hydrogen-bond acceptors (Lipinski definition) is 5. The molecule has 0 saturated carbocycles. The van der Waals surface area contributed by atoms with Gasteiger partial charge in [0.25, 0.3) is 5.91 Å². The summed E-state index contributed by atoms with van der Waals surface area (Å²) in [5, 5.41) is 3.22. The lowest BCUT2D eigenvalue weighted by Gasteiger charge is -2.34. The highest BCUT2D eigenvalue weighted by molar-refractivity contribution is 5.93. The van der Waals surface area contributed by atoms with E-state index in [1.54, 1.807) is 22.8 Å². The van der Waals surface area contributed by atoms with Crippen molar-refractivity contribution in [2.75, 3.05) is 31.5 Å². The van der Waals surface area contributed by atoms with Crippen LogP contribution in [0.25, 0.3) is 0 Å². The van der Waals surface area contributed by atoms with E-state index >= 15 is 0 Å². The van der Waals surface area contributed by atoms with Crippen LogP contribution in [0.3, 0.4) is 0 Å². The van der Waals surface area contributed by atoms with Crippen molar-refractivity contribution in [3.05, 3.63) is 47.9 Å². The van der Waals surface area contributed by atoms with Gasteiger partial charge in [0, 0.05) is 44.9 Å². The number of hydrogen-bond donors (Lipinski definition) is 1. The average molecular weight is 367 g/mol. The van der Waals surface area contributed by atoms with Gasteiger partial charge in [0.2, 0.25) is 5.91 Å². The Morgan fingerprint density at radius 1 is 1.00 bits per heavy atom. The fourth-order valence-corrected chi connectivity index (χ4v) is 3.03. The van der Waals surface area contributed by atoms with Crippen LogP contribution >= 0.6 is 0 Å². The highest BCUT2D eigenvalue weighted by Gasteiger charge is 2.24. The summed E-state index contributed by atoms with van der Waals surface area (Å²) in [6.45, 7) is 8.00. The molecule has 2 amide bonds. The van der Waals surface area contributed by atoms with Gasteiger partial charge in [-0.25, -0.2) is 9.97 Å². The van der Waals surface area contributed by atoms with Crippen molar-refractivity contribution in [1.82, 2.24) is 19.8 Å². The van der Waals surface area contributed by atoms with Gasteiger partial charge in [0.05, 0.1) is 0 Å². The van der Waals surface area contributed by atoms with Gasteiger partial charge in [0.15, 0.2) is 0 Å². The standard InChI is InChI=1S/C20H25N5O2/c1-14(2)16-4-6-17(7-5-16)23-19-12-18(21-13-22-19)20(27)25-10-8-24(9-11-25)15(3)26/h4-7,12-14H,8-11H2,1-3H3,(H,21,22,23). The van der Waals surface area contributed by atoms with Crippen LogP contribution in [0.2, 0.25) is 0 Å². The van der Waals surface area contributed by atoms with Crippen LogP contribution in [-0.2, 0) is 4.79 Å². The molecule has 1 saturated heterocycles. The normalized spacial score (nSPS) is 14.4. The largest absolute Gasteiger partial charge is 0.340 e. The molecule has 1 N–H and O–H groups in total. The SMILES string of the molecule is CC(=O)N1CCN(C(=O)c2cc(Nc3ccc(C(C)C)cc3)ncn2)CC1. The molecule has 0 unspecified atom stereocenters. The van der Waals surface area contributed by atoms with Gasteiger partial charge in [-0.1, -0.05) is 26.0 Å². The molecule has 0 spiro atoms. The molecule has 1 aromatic carbocycles. The second-order valence-corrected chi connectivity index (χ2v) is 6.99. The molecular formula is C20H25N5O2. The Hall–Kier alpha value is -2.96. The van der Waals surface area contributed by atoms with Gasteiger partial charge in [0.1, 0.15) is 17.8 Å². The summed E-state index contributed by atoms with van der Waals surface area (Å²) < 4.78 is 0. The number of amides is 2. The molecule has 0 aliphatic carbocycles. The van der Waals surface area contributed by atoms with E-state index < -0.39 is 0 Å². The first-order valence-electron chi connectivity index (χ1n) is 9.18. The van der Waals surface area contributed by atoms with Crippen molar-refractivity contribution in [3.8, 4) is 0 Å². The number of aromatic nitrogens is 2. The maximum Gasteiger partial charge on any atom is 0.272 e. The fraction of sp³-hybridized carbons (Fsp3) is 0.400. The molecule has 2 aromatic rings. The van der Waals surface area contributed by atoms with Crippen molar-refractivity contribution in [1.29, 1.82) is 0 Å². The van der Waals surface area contributed by atoms with E-state index in [1.165, 1.54) is 11.9 Å². The van der Waals surface area contributed by atoms with Crippen molar-refractivity contribution < 1.29 is 9.59 Å². The molecule has 27 heavy (non-hydrogen) atoms. The molecule has 0 radical (unpaired) electrons. The summed E-state index contributed by atoms with van der Waals surface area (Å²) in [4.78, 5) is 35.9. The van der Waals surface area contributed by atoms with Gasteiger partial charge < -0.3 is 15.1 Å². The van der Waals surface area contributed by atoms with E-state index in [0.717, 1.165) is 5.69 Å². The van der Waals surface area contributed by atoms with Crippen molar-refractivity contribution in [2.45, 2.75) is 26.7 Å². The van der Waals surface area contributed by atoms with Gasteiger partial charge in [-0.15, -0.1) is 0 Å². The van der Waals surface area contributed by atoms with Crippen LogP contribution in [0.15, 0.2) is 36.7 Å². The van der Waals surface area contributed by atoms with Crippen LogP contribution in [0, 0.1) is 0 Å². The Bertz CT molecular complexity index is 811. The number of rotatable bonds is 4. The van der Waals surface area contributed by atoms with E-state index in [4.69, 9.17) is 0 Å². The number of benzene rings is 1. The summed E-state index contributed by atoms with van der Waals surface area (Å²) in [5.74, 6) is 0.955. The molecule has 0 bridgehead atoms. The highest BCUT2D eigenvalue weighted by Crippen LogP contribution is 2.20. The van der Waals surface area contributed by atoms with Gasteiger partial charge in [-0.2, -0.15) is 0 Å². The minimum atomic E-state index is -0.140. The molecule has 1 fully saturated rings. The van der Waals surface area contributed by atoms with E-state index in [9.17, 15) is 9.59 Å². The Labute approximate surface area is 159 Å². The van der Waals surface area contributed by atoms with E-state index in [2.05, 4.69) is 41.3 Å². The third-order valence-corrected chi connectivity index (χ3v) is 4.75. The number of anilines is 2. The molecule has 1 aliphatic heterocycles. The number of carbonyl (C=O) groups excluding carboxylic acids is 2. The van der Waals surface area contributed by atoms with E-state index in [1.807, 2.05) is 12.1 Å². The first-order valence-corrected chi connectivity index (χ1v) is 9.18. The third kappa shape index (κ3) is 4.61. The molecule has 3 rings (SSSR count). The topological polar surface area (TPSA) is 78.4 Å². The summed E-state index contributed by atoms with van der Waals surface area (Å²) in [5.41, 5.74) is 2.53. The monoisotopic (exact) mass is 367 g/mol. The second-order valence-electron chi connectivity index (χ2n) is 6.99. The quantitative estimate of drug-likeness (QED) is 0.899. The molecule has 2 heterocycles. The highest BCUT2D eigenvalue weighted by atomic mass is 16.2. The lowest BCUT2D eigenvalue weighted by atomic mass is 10.0. The fourth-order valence-electron chi connectivity index (χ4n) is 3.03. The molecular weight excluding hydrogens is 342 g/mol.